The molecule has 0 saturated heterocycles. The zero-order valence-corrected chi connectivity index (χ0v) is 10.2. The molecule has 0 radical (unpaired) electrons. The van der Waals surface area contributed by atoms with Gasteiger partial charge in [-0.2, -0.15) is 4.98 Å². The Hall–Kier alpha value is -2.43. The summed E-state index contributed by atoms with van der Waals surface area (Å²) >= 11 is 0. The molecule has 0 aliphatic heterocycles. The third kappa shape index (κ3) is 1.93. The van der Waals surface area contributed by atoms with Crippen LogP contribution < -0.4 is 4.74 Å². The van der Waals surface area contributed by atoms with Crippen LogP contribution in [0.1, 0.15) is 12.8 Å². The van der Waals surface area contributed by atoms with Crippen LogP contribution in [0, 0.1) is 0 Å². The van der Waals surface area contributed by atoms with Crippen molar-refractivity contribution in [2.75, 3.05) is 0 Å². The van der Waals surface area contributed by atoms with E-state index in [9.17, 15) is 0 Å². The van der Waals surface area contributed by atoms with E-state index in [0.717, 1.165) is 23.9 Å². The van der Waals surface area contributed by atoms with Crippen molar-refractivity contribution in [3.63, 3.8) is 0 Å². The number of hydrogen-bond donors (Lipinski definition) is 1. The molecular weight excluding hydrogens is 240 g/mol. The number of H-pyrrole nitrogens is 1. The minimum absolute atomic E-state index is 0.296. The molecule has 5 nitrogen and oxygen atoms in total. The Bertz CT molecular complexity index is 719. The van der Waals surface area contributed by atoms with Gasteiger partial charge in [-0.05, 0) is 12.8 Å². The average Bonchev–Trinajstić information content (AvgIpc) is 3.14. The van der Waals surface area contributed by atoms with Gasteiger partial charge in [0.05, 0.1) is 6.33 Å². The van der Waals surface area contributed by atoms with Crippen LogP contribution in [0.5, 0.6) is 5.88 Å². The van der Waals surface area contributed by atoms with E-state index in [1.54, 1.807) is 6.33 Å². The van der Waals surface area contributed by atoms with E-state index >= 15 is 0 Å². The first-order chi connectivity index (χ1) is 9.40. The second-order valence-corrected chi connectivity index (χ2v) is 4.64. The largest absolute Gasteiger partial charge is 0.473 e. The van der Waals surface area contributed by atoms with Crippen LogP contribution >= 0.6 is 0 Å². The quantitative estimate of drug-likeness (QED) is 0.778. The van der Waals surface area contributed by atoms with Crippen molar-refractivity contribution in [1.82, 2.24) is 19.9 Å². The molecule has 5 heteroatoms. The van der Waals surface area contributed by atoms with E-state index in [0.29, 0.717) is 23.5 Å². The molecule has 4 rings (SSSR count). The number of imidazole rings is 1. The molecule has 1 aliphatic rings. The summed E-state index contributed by atoms with van der Waals surface area (Å²) in [6, 6.07) is 9.87. The Morgan fingerprint density at radius 2 is 1.95 bits per heavy atom. The summed E-state index contributed by atoms with van der Waals surface area (Å²) in [5.41, 5.74) is 2.38. The van der Waals surface area contributed by atoms with Gasteiger partial charge < -0.3 is 9.72 Å². The smallest absolute Gasteiger partial charge is 0.244 e. The maximum Gasteiger partial charge on any atom is 0.244 e. The molecule has 19 heavy (non-hydrogen) atoms. The fourth-order valence-electron chi connectivity index (χ4n) is 1.95. The molecule has 1 aromatic carbocycles. The number of hydrogen-bond acceptors (Lipinski definition) is 4. The Morgan fingerprint density at radius 3 is 2.74 bits per heavy atom. The lowest BCUT2D eigenvalue weighted by Gasteiger charge is -2.06. The summed E-state index contributed by atoms with van der Waals surface area (Å²) in [7, 11) is 0. The van der Waals surface area contributed by atoms with Gasteiger partial charge in [0.2, 0.25) is 5.88 Å². The molecule has 0 spiro atoms. The summed E-state index contributed by atoms with van der Waals surface area (Å²) in [6.07, 6.45) is 4.11. The highest BCUT2D eigenvalue weighted by Gasteiger charge is 2.26. The van der Waals surface area contributed by atoms with E-state index in [1.165, 1.54) is 0 Å². The van der Waals surface area contributed by atoms with Gasteiger partial charge in [-0.25, -0.2) is 9.97 Å². The first kappa shape index (κ1) is 10.5. The lowest BCUT2D eigenvalue weighted by molar-refractivity contribution is 0.294. The van der Waals surface area contributed by atoms with Gasteiger partial charge in [0, 0.05) is 5.56 Å². The zero-order chi connectivity index (χ0) is 12.7. The number of benzene rings is 1. The fourth-order valence-corrected chi connectivity index (χ4v) is 1.95. The van der Waals surface area contributed by atoms with Crippen molar-refractivity contribution in [3.8, 4) is 17.3 Å². The minimum atomic E-state index is 0.296. The Labute approximate surface area is 109 Å². The van der Waals surface area contributed by atoms with E-state index in [-0.39, 0.29) is 0 Å². The van der Waals surface area contributed by atoms with Gasteiger partial charge in [-0.15, -0.1) is 0 Å². The summed E-state index contributed by atoms with van der Waals surface area (Å²) < 4.78 is 5.84. The number of nitrogens with zero attached hydrogens (tertiary/aromatic N) is 3. The SMILES string of the molecule is c1ccc(-c2nc(OC3CC3)c3[nH]cnc3n2)cc1. The molecule has 0 bridgehead atoms. The molecule has 0 atom stereocenters. The van der Waals surface area contributed by atoms with Gasteiger partial charge in [-0.3, -0.25) is 0 Å². The molecule has 3 aromatic rings. The second kappa shape index (κ2) is 4.05. The number of nitrogens with one attached hydrogen (secondary N) is 1. The van der Waals surface area contributed by atoms with E-state index in [4.69, 9.17) is 4.74 Å². The lowest BCUT2D eigenvalue weighted by atomic mass is 10.2. The van der Waals surface area contributed by atoms with Crippen LogP contribution in [0.25, 0.3) is 22.6 Å². The number of aromatic nitrogens is 4. The monoisotopic (exact) mass is 252 g/mol. The fraction of sp³-hybridized carbons (Fsp3) is 0.214. The normalized spacial score (nSPS) is 14.7. The number of fused-ring (bicyclic) bond motifs is 1. The molecule has 2 aromatic heterocycles. The highest BCUT2D eigenvalue weighted by atomic mass is 16.5. The average molecular weight is 252 g/mol. The second-order valence-electron chi connectivity index (χ2n) is 4.64. The van der Waals surface area contributed by atoms with E-state index in [1.807, 2.05) is 30.3 Å². The van der Waals surface area contributed by atoms with E-state index in [2.05, 4.69) is 19.9 Å². The van der Waals surface area contributed by atoms with Crippen molar-refractivity contribution < 1.29 is 4.74 Å². The Kier molecular flexibility index (Phi) is 2.24. The van der Waals surface area contributed by atoms with Gasteiger partial charge >= 0.3 is 0 Å². The summed E-state index contributed by atoms with van der Waals surface area (Å²) in [6.45, 7) is 0. The predicted molar refractivity (Wildman–Crippen MR) is 70.8 cm³/mol. The maximum absolute atomic E-state index is 5.84. The topological polar surface area (TPSA) is 63.7 Å². The van der Waals surface area contributed by atoms with Gasteiger partial charge in [0.25, 0.3) is 0 Å². The molecular formula is C14H12N4O. The molecule has 1 N–H and O–H groups in total. The number of aromatic amines is 1. The molecule has 1 fully saturated rings. The lowest BCUT2D eigenvalue weighted by Crippen LogP contribution is -2.01. The highest BCUT2D eigenvalue weighted by molar-refractivity contribution is 5.78. The summed E-state index contributed by atoms with van der Waals surface area (Å²) in [5, 5.41) is 0. The van der Waals surface area contributed by atoms with Crippen LogP contribution in [0.4, 0.5) is 0 Å². The number of rotatable bonds is 3. The molecule has 1 saturated carbocycles. The Morgan fingerprint density at radius 1 is 1.11 bits per heavy atom. The van der Waals surface area contributed by atoms with Crippen molar-refractivity contribution in [3.05, 3.63) is 36.7 Å². The number of ether oxygens (including phenoxy) is 1. The minimum Gasteiger partial charge on any atom is -0.473 e. The van der Waals surface area contributed by atoms with Crippen LogP contribution in [0.3, 0.4) is 0 Å². The maximum atomic E-state index is 5.84. The van der Waals surface area contributed by atoms with Crippen LogP contribution in [0.15, 0.2) is 36.7 Å². The van der Waals surface area contributed by atoms with Crippen LogP contribution in [-0.2, 0) is 0 Å². The first-order valence-corrected chi connectivity index (χ1v) is 6.33. The molecule has 94 valence electrons. The van der Waals surface area contributed by atoms with Crippen molar-refractivity contribution in [2.45, 2.75) is 18.9 Å². The molecule has 1 aliphatic carbocycles. The summed E-state index contributed by atoms with van der Waals surface area (Å²) in [4.78, 5) is 16.2. The van der Waals surface area contributed by atoms with Crippen molar-refractivity contribution >= 4 is 11.2 Å². The molecule has 0 amide bonds. The van der Waals surface area contributed by atoms with Crippen LogP contribution in [0.2, 0.25) is 0 Å². The van der Waals surface area contributed by atoms with Gasteiger partial charge in [0.15, 0.2) is 11.5 Å². The van der Waals surface area contributed by atoms with Gasteiger partial charge in [0.1, 0.15) is 11.6 Å². The zero-order valence-electron chi connectivity index (χ0n) is 10.2. The molecule has 2 heterocycles. The first-order valence-electron chi connectivity index (χ1n) is 6.33. The highest BCUT2D eigenvalue weighted by Crippen LogP contribution is 2.30. The van der Waals surface area contributed by atoms with Crippen molar-refractivity contribution in [2.24, 2.45) is 0 Å². The third-order valence-electron chi connectivity index (χ3n) is 3.09. The van der Waals surface area contributed by atoms with E-state index < -0.39 is 0 Å². The Balaban J connectivity index is 1.87. The van der Waals surface area contributed by atoms with Crippen molar-refractivity contribution in [1.29, 1.82) is 0 Å². The predicted octanol–water partition coefficient (Wildman–Crippen LogP) is 2.56. The third-order valence-corrected chi connectivity index (χ3v) is 3.09. The molecule has 0 unspecified atom stereocenters. The van der Waals surface area contributed by atoms with Gasteiger partial charge in [-0.1, -0.05) is 30.3 Å². The standard InChI is InChI=1S/C14H12N4O/c1-2-4-9(5-3-1)12-17-13-11(15-8-16-13)14(18-12)19-10-6-7-10/h1-5,8,10H,6-7H2,(H,15,16,17,18). The summed E-state index contributed by atoms with van der Waals surface area (Å²) in [5.74, 6) is 1.25. The van der Waals surface area contributed by atoms with Crippen LogP contribution in [-0.4, -0.2) is 26.0 Å².